The molecule has 0 aliphatic carbocycles. The van der Waals surface area contributed by atoms with Crippen molar-refractivity contribution in [2.24, 2.45) is 0 Å². The Balaban J connectivity index is 2.34. The van der Waals surface area contributed by atoms with E-state index in [1.54, 1.807) is 6.20 Å². The maximum Gasteiger partial charge on any atom is 0.326 e. The number of carboxylic acids is 1. The molecule has 0 saturated carbocycles. The Labute approximate surface area is 109 Å². The summed E-state index contributed by atoms with van der Waals surface area (Å²) in [6, 6.07) is -1.31. The maximum absolute atomic E-state index is 11.5. The number of unbranched alkanes of at least 4 members (excludes halogenated alkanes) is 1. The van der Waals surface area contributed by atoms with Crippen LogP contribution in [0, 0.1) is 0 Å². The first-order valence-electron chi connectivity index (χ1n) is 5.79. The predicted octanol–water partition coefficient (Wildman–Crippen LogP) is 1.59. The molecule has 0 spiro atoms. The number of aromatic nitrogens is 1. The number of carbonyl (C=O) groups excluding carboxylic acids is 1. The van der Waals surface area contributed by atoms with Gasteiger partial charge >= 0.3 is 12.0 Å². The standard InChI is InChI=1S/C11H17N3O3S/c1-2-3-4-8(10(15)16)14-11(17)13-7-9-12-5-6-18-9/h5-6,8H,2-4,7H2,1H3,(H,15,16)(H2,13,14,17). The molecule has 6 nitrogen and oxygen atoms in total. The lowest BCUT2D eigenvalue weighted by Crippen LogP contribution is -2.45. The first-order valence-corrected chi connectivity index (χ1v) is 6.67. The zero-order chi connectivity index (χ0) is 13.4. The van der Waals surface area contributed by atoms with Crippen LogP contribution >= 0.6 is 11.3 Å². The highest BCUT2D eigenvalue weighted by Crippen LogP contribution is 2.03. The number of rotatable bonds is 7. The fraction of sp³-hybridized carbons (Fsp3) is 0.545. The lowest BCUT2D eigenvalue weighted by Gasteiger charge is -2.14. The van der Waals surface area contributed by atoms with Crippen molar-refractivity contribution in [1.29, 1.82) is 0 Å². The first kappa shape index (κ1) is 14.4. The number of amides is 2. The van der Waals surface area contributed by atoms with Crippen molar-refractivity contribution in [3.05, 3.63) is 16.6 Å². The molecule has 1 aromatic rings. The Morgan fingerprint density at radius 2 is 2.33 bits per heavy atom. The first-order chi connectivity index (χ1) is 8.63. The number of aliphatic carboxylic acids is 1. The van der Waals surface area contributed by atoms with E-state index < -0.39 is 18.0 Å². The van der Waals surface area contributed by atoms with E-state index in [0.717, 1.165) is 17.8 Å². The van der Waals surface area contributed by atoms with Crippen LogP contribution in [0.5, 0.6) is 0 Å². The van der Waals surface area contributed by atoms with Crippen molar-refractivity contribution in [3.63, 3.8) is 0 Å². The third-order valence-electron chi connectivity index (χ3n) is 2.33. The zero-order valence-electron chi connectivity index (χ0n) is 10.2. The number of hydrogen-bond donors (Lipinski definition) is 3. The number of carbonyl (C=O) groups is 2. The van der Waals surface area contributed by atoms with Crippen LogP contribution in [0.2, 0.25) is 0 Å². The lowest BCUT2D eigenvalue weighted by molar-refractivity contribution is -0.139. The summed E-state index contributed by atoms with van der Waals surface area (Å²) < 4.78 is 0. The second kappa shape index (κ2) is 7.65. The van der Waals surface area contributed by atoms with Crippen molar-refractivity contribution in [3.8, 4) is 0 Å². The average molecular weight is 271 g/mol. The Bertz CT molecular complexity index is 381. The molecule has 0 aliphatic rings. The van der Waals surface area contributed by atoms with Gasteiger partial charge in [0.25, 0.3) is 0 Å². The van der Waals surface area contributed by atoms with E-state index in [4.69, 9.17) is 5.11 Å². The van der Waals surface area contributed by atoms with Gasteiger partial charge in [-0.05, 0) is 6.42 Å². The van der Waals surface area contributed by atoms with E-state index in [1.165, 1.54) is 11.3 Å². The summed E-state index contributed by atoms with van der Waals surface area (Å²) in [4.78, 5) is 26.4. The third kappa shape index (κ3) is 5.13. The van der Waals surface area contributed by atoms with Crippen molar-refractivity contribution in [2.45, 2.75) is 38.8 Å². The topological polar surface area (TPSA) is 91.3 Å². The molecule has 1 atom stereocenters. The molecule has 7 heteroatoms. The van der Waals surface area contributed by atoms with Gasteiger partial charge < -0.3 is 15.7 Å². The van der Waals surface area contributed by atoms with Crippen LogP contribution in [-0.2, 0) is 11.3 Å². The van der Waals surface area contributed by atoms with Crippen LogP contribution in [0.1, 0.15) is 31.2 Å². The van der Waals surface area contributed by atoms with Gasteiger partial charge in [-0.25, -0.2) is 14.6 Å². The van der Waals surface area contributed by atoms with E-state index in [1.807, 2.05) is 12.3 Å². The van der Waals surface area contributed by atoms with E-state index in [9.17, 15) is 9.59 Å². The van der Waals surface area contributed by atoms with Crippen LogP contribution < -0.4 is 10.6 Å². The summed E-state index contributed by atoms with van der Waals surface area (Å²) in [5.74, 6) is -1.01. The van der Waals surface area contributed by atoms with Crippen molar-refractivity contribution < 1.29 is 14.7 Å². The summed E-state index contributed by atoms with van der Waals surface area (Å²) in [5.41, 5.74) is 0. The second-order valence-electron chi connectivity index (χ2n) is 3.79. The molecule has 1 aromatic heterocycles. The van der Waals surface area contributed by atoms with Crippen LogP contribution in [0.3, 0.4) is 0 Å². The van der Waals surface area contributed by atoms with Crippen molar-refractivity contribution in [1.82, 2.24) is 15.6 Å². The summed E-state index contributed by atoms with van der Waals surface area (Å²) in [5, 5.41) is 16.6. The molecular weight excluding hydrogens is 254 g/mol. The Hall–Kier alpha value is -1.63. The van der Waals surface area contributed by atoms with Crippen LogP contribution in [0.15, 0.2) is 11.6 Å². The highest BCUT2D eigenvalue weighted by atomic mass is 32.1. The Kier molecular flexibility index (Phi) is 6.13. The maximum atomic E-state index is 11.5. The quantitative estimate of drug-likeness (QED) is 0.702. The molecule has 1 heterocycles. The highest BCUT2D eigenvalue weighted by Gasteiger charge is 2.18. The normalized spacial score (nSPS) is 11.8. The molecule has 18 heavy (non-hydrogen) atoms. The molecular formula is C11H17N3O3S. The fourth-order valence-electron chi connectivity index (χ4n) is 1.37. The lowest BCUT2D eigenvalue weighted by atomic mass is 10.1. The van der Waals surface area contributed by atoms with E-state index in [2.05, 4.69) is 15.6 Å². The van der Waals surface area contributed by atoms with Crippen molar-refractivity contribution >= 4 is 23.3 Å². The number of thiazole rings is 1. The van der Waals surface area contributed by atoms with E-state index >= 15 is 0 Å². The average Bonchev–Trinajstić information content (AvgIpc) is 2.84. The van der Waals surface area contributed by atoms with Gasteiger partial charge in [-0.1, -0.05) is 19.8 Å². The minimum absolute atomic E-state index is 0.309. The number of nitrogens with zero attached hydrogens (tertiary/aromatic N) is 1. The van der Waals surface area contributed by atoms with Gasteiger partial charge in [-0.15, -0.1) is 11.3 Å². The fourth-order valence-corrected chi connectivity index (χ4v) is 1.93. The highest BCUT2D eigenvalue weighted by molar-refractivity contribution is 7.09. The van der Waals surface area contributed by atoms with Crippen LogP contribution in [-0.4, -0.2) is 28.1 Å². The monoisotopic (exact) mass is 271 g/mol. The largest absolute Gasteiger partial charge is 0.480 e. The molecule has 1 unspecified atom stereocenters. The van der Waals surface area contributed by atoms with Gasteiger partial charge in [0.15, 0.2) is 0 Å². The summed E-state index contributed by atoms with van der Waals surface area (Å²) >= 11 is 1.43. The summed E-state index contributed by atoms with van der Waals surface area (Å²) in [6.07, 6.45) is 3.76. The molecule has 0 fully saturated rings. The number of hydrogen-bond acceptors (Lipinski definition) is 4. The molecule has 1 rings (SSSR count). The van der Waals surface area contributed by atoms with Gasteiger partial charge in [0.2, 0.25) is 0 Å². The molecule has 0 aromatic carbocycles. The summed E-state index contributed by atoms with van der Waals surface area (Å²) in [7, 11) is 0. The van der Waals surface area contributed by atoms with Gasteiger partial charge in [-0.2, -0.15) is 0 Å². The molecule has 0 bridgehead atoms. The Morgan fingerprint density at radius 3 is 2.89 bits per heavy atom. The van der Waals surface area contributed by atoms with Crippen molar-refractivity contribution in [2.75, 3.05) is 0 Å². The molecule has 2 amide bonds. The Morgan fingerprint density at radius 1 is 1.56 bits per heavy atom. The minimum Gasteiger partial charge on any atom is -0.480 e. The van der Waals surface area contributed by atoms with E-state index in [0.29, 0.717) is 13.0 Å². The predicted molar refractivity (Wildman–Crippen MR) is 68.4 cm³/mol. The molecule has 0 radical (unpaired) electrons. The van der Waals surface area contributed by atoms with Crippen LogP contribution in [0.25, 0.3) is 0 Å². The zero-order valence-corrected chi connectivity index (χ0v) is 11.0. The molecule has 0 saturated heterocycles. The number of nitrogens with one attached hydrogen (secondary N) is 2. The smallest absolute Gasteiger partial charge is 0.326 e. The number of carboxylic acid groups (broad SMARTS) is 1. The van der Waals surface area contributed by atoms with Gasteiger partial charge in [-0.3, -0.25) is 0 Å². The molecule has 3 N–H and O–H groups in total. The van der Waals surface area contributed by atoms with Gasteiger partial charge in [0.05, 0.1) is 6.54 Å². The summed E-state index contributed by atoms with van der Waals surface area (Å²) in [6.45, 7) is 2.28. The van der Waals surface area contributed by atoms with Gasteiger partial charge in [0.1, 0.15) is 11.0 Å². The SMILES string of the molecule is CCCCC(NC(=O)NCc1nccs1)C(=O)O. The minimum atomic E-state index is -1.01. The van der Waals surface area contributed by atoms with E-state index in [-0.39, 0.29) is 0 Å². The second-order valence-corrected chi connectivity index (χ2v) is 4.77. The van der Waals surface area contributed by atoms with Crippen LogP contribution in [0.4, 0.5) is 4.79 Å². The third-order valence-corrected chi connectivity index (χ3v) is 3.11. The number of urea groups is 1. The van der Waals surface area contributed by atoms with Gasteiger partial charge in [0, 0.05) is 11.6 Å². The molecule has 0 aliphatic heterocycles. The molecule has 100 valence electrons.